The molecule has 0 saturated carbocycles. The third kappa shape index (κ3) is 11.7. The molecular weight excluding hydrogens is 655 g/mol. The number of aliphatic hydroxyl groups is 2. The van der Waals surface area contributed by atoms with Crippen molar-refractivity contribution in [2.24, 2.45) is 17.8 Å². The number of nitrogens with zero attached hydrogens (tertiary/aromatic N) is 1. The summed E-state index contributed by atoms with van der Waals surface area (Å²) in [7, 11) is 0.449. The number of hydrogen-bond donors (Lipinski definition) is 2. The normalized spacial score (nSPS) is 22.7. The molecule has 1 heterocycles. The molecule has 1 aliphatic heterocycles. The highest BCUT2D eigenvalue weighted by Gasteiger charge is 2.64. The largest absolute Gasteiger partial charge is 0.497 e. The number of methoxy groups -OCH3 is 1. The molecule has 11 heteroatoms. The van der Waals surface area contributed by atoms with Crippen molar-refractivity contribution in [1.82, 2.24) is 5.06 Å². The molecule has 1 aromatic carbocycles. The standard InChI is InChI=1S/C38H71NO8Si2/c1-17-30(32(40)22-23-39(10)43-12)33(41)31(26-45-48(13,14)36(3,4)5)35(47-49(15,16)37(6,7)8)38(9)34(46-38)27(2)24-44-25-28-18-20-29(42-11)21-19-28/h17-21,27,30-35,40-41H,1,22-26H2,2-16H3/t27-,30-,31-,32+,33+,34+,35-,38?/m0/s1. The molecule has 1 aliphatic rings. The smallest absolute Gasteiger partial charge is 0.192 e. The van der Waals surface area contributed by atoms with E-state index in [9.17, 15) is 10.2 Å². The molecule has 0 aliphatic carbocycles. The summed E-state index contributed by atoms with van der Waals surface area (Å²) in [5.41, 5.74) is 0.372. The molecule has 1 aromatic rings. The van der Waals surface area contributed by atoms with E-state index in [0.717, 1.165) is 11.3 Å². The van der Waals surface area contributed by atoms with E-state index in [0.29, 0.717) is 26.2 Å². The lowest BCUT2D eigenvalue weighted by Crippen LogP contribution is -2.57. The van der Waals surface area contributed by atoms with Gasteiger partial charge in [0.2, 0.25) is 0 Å². The number of epoxide rings is 1. The highest BCUT2D eigenvalue weighted by Crippen LogP contribution is 2.51. The molecule has 0 aromatic heterocycles. The monoisotopic (exact) mass is 725 g/mol. The fourth-order valence-electron chi connectivity index (χ4n) is 5.74. The molecule has 9 nitrogen and oxygen atoms in total. The molecule has 1 unspecified atom stereocenters. The summed E-state index contributed by atoms with van der Waals surface area (Å²) >= 11 is 0. The Hall–Kier alpha value is -1.13. The molecule has 1 fully saturated rings. The van der Waals surface area contributed by atoms with Gasteiger partial charge in [-0.2, -0.15) is 5.06 Å². The quantitative estimate of drug-likeness (QED) is 0.0580. The third-order valence-electron chi connectivity index (χ3n) is 11.4. The Labute approximate surface area is 300 Å². The van der Waals surface area contributed by atoms with Gasteiger partial charge in [-0.25, -0.2) is 0 Å². The van der Waals surface area contributed by atoms with E-state index in [4.69, 9.17) is 27.9 Å². The summed E-state index contributed by atoms with van der Waals surface area (Å²) in [6.07, 6.45) is -0.415. The van der Waals surface area contributed by atoms with Crippen molar-refractivity contribution in [2.75, 3.05) is 41.0 Å². The van der Waals surface area contributed by atoms with Crippen LogP contribution < -0.4 is 4.74 Å². The van der Waals surface area contributed by atoms with Crippen LogP contribution in [0, 0.1) is 17.8 Å². The minimum absolute atomic E-state index is 0.0291. The fourth-order valence-corrected chi connectivity index (χ4v) is 8.18. The Morgan fingerprint density at radius 2 is 1.55 bits per heavy atom. The highest BCUT2D eigenvalue weighted by molar-refractivity contribution is 6.74. The lowest BCUT2D eigenvalue weighted by Gasteiger charge is -2.46. The summed E-state index contributed by atoms with van der Waals surface area (Å²) in [6, 6.07) is 7.89. The molecule has 284 valence electrons. The third-order valence-corrected chi connectivity index (χ3v) is 20.4. The number of aliphatic hydroxyl groups excluding tert-OH is 2. The van der Waals surface area contributed by atoms with Gasteiger partial charge in [0.15, 0.2) is 16.6 Å². The van der Waals surface area contributed by atoms with Gasteiger partial charge in [-0.05, 0) is 67.3 Å². The van der Waals surface area contributed by atoms with Gasteiger partial charge in [-0.1, -0.05) is 66.7 Å². The van der Waals surface area contributed by atoms with E-state index in [2.05, 4.69) is 88.2 Å². The minimum Gasteiger partial charge on any atom is -0.497 e. The molecule has 0 radical (unpaired) electrons. The van der Waals surface area contributed by atoms with E-state index in [1.165, 1.54) is 0 Å². The topological polar surface area (TPSA) is 102 Å². The first kappa shape index (κ1) is 44.0. The maximum absolute atomic E-state index is 12.4. The van der Waals surface area contributed by atoms with Crippen LogP contribution in [0.3, 0.4) is 0 Å². The van der Waals surface area contributed by atoms with Gasteiger partial charge in [0.25, 0.3) is 0 Å². The van der Waals surface area contributed by atoms with Crippen LogP contribution in [0.5, 0.6) is 5.75 Å². The van der Waals surface area contributed by atoms with E-state index in [1.807, 2.05) is 31.3 Å². The molecule has 2 rings (SSSR count). The van der Waals surface area contributed by atoms with E-state index < -0.39 is 52.4 Å². The van der Waals surface area contributed by atoms with Crippen molar-refractivity contribution in [3.05, 3.63) is 42.5 Å². The predicted molar refractivity (Wildman–Crippen MR) is 204 cm³/mol. The van der Waals surface area contributed by atoms with Crippen LogP contribution >= 0.6 is 0 Å². The summed E-state index contributed by atoms with van der Waals surface area (Å²) in [6.45, 7) is 32.3. The maximum Gasteiger partial charge on any atom is 0.192 e. The number of hydrogen-bond acceptors (Lipinski definition) is 9. The SMILES string of the molecule is C=C[C@H]([C@@H](O)[C@H](CO[Si](C)(C)C(C)(C)C)[C@H](O[Si](C)(C)C(C)(C)C)C1(C)O[C@@H]1[C@@H](C)COCc1ccc(OC)cc1)[C@H](O)CCN(C)OC. The zero-order valence-corrected chi connectivity index (χ0v) is 35.5. The summed E-state index contributed by atoms with van der Waals surface area (Å²) in [4.78, 5) is 5.28. The predicted octanol–water partition coefficient (Wildman–Crippen LogP) is 7.44. The van der Waals surface area contributed by atoms with Gasteiger partial charge < -0.3 is 38.1 Å². The molecule has 1 saturated heterocycles. The summed E-state index contributed by atoms with van der Waals surface area (Å²) in [5, 5.41) is 25.3. The zero-order valence-electron chi connectivity index (χ0n) is 33.5. The lowest BCUT2D eigenvalue weighted by molar-refractivity contribution is -0.120. The van der Waals surface area contributed by atoms with Crippen LogP contribution in [0.1, 0.15) is 67.4 Å². The van der Waals surface area contributed by atoms with Crippen molar-refractivity contribution in [3.63, 3.8) is 0 Å². The van der Waals surface area contributed by atoms with Crippen molar-refractivity contribution in [2.45, 2.75) is 135 Å². The molecular formula is C38H71NO8Si2. The molecule has 0 amide bonds. The highest BCUT2D eigenvalue weighted by atomic mass is 28.4. The second-order valence-corrected chi connectivity index (χ2v) is 26.9. The number of benzene rings is 1. The number of rotatable bonds is 21. The first-order chi connectivity index (χ1) is 22.5. The van der Waals surface area contributed by atoms with Crippen LogP contribution in [-0.2, 0) is 29.8 Å². The summed E-state index contributed by atoms with van der Waals surface area (Å²) < 4.78 is 32.3. The second kappa shape index (κ2) is 17.6. The van der Waals surface area contributed by atoms with Crippen molar-refractivity contribution >= 4 is 16.6 Å². The van der Waals surface area contributed by atoms with Crippen molar-refractivity contribution < 1.29 is 38.1 Å². The van der Waals surface area contributed by atoms with Crippen LogP contribution in [-0.4, -0.2) is 103 Å². The Morgan fingerprint density at radius 1 is 0.980 bits per heavy atom. The van der Waals surface area contributed by atoms with Gasteiger partial charge in [0, 0.05) is 38.0 Å². The first-order valence-electron chi connectivity index (χ1n) is 17.9. The first-order valence-corrected chi connectivity index (χ1v) is 23.7. The van der Waals surface area contributed by atoms with Gasteiger partial charge in [-0.15, -0.1) is 6.58 Å². The Bertz CT molecular complexity index is 1150. The van der Waals surface area contributed by atoms with Crippen LogP contribution in [0.4, 0.5) is 0 Å². The molecule has 0 bridgehead atoms. The van der Waals surface area contributed by atoms with E-state index in [-0.39, 0.29) is 28.7 Å². The van der Waals surface area contributed by atoms with E-state index >= 15 is 0 Å². The Balaban J connectivity index is 2.47. The minimum atomic E-state index is -2.40. The Kier molecular flexibility index (Phi) is 15.8. The summed E-state index contributed by atoms with van der Waals surface area (Å²) in [5.74, 6) is -0.230. The van der Waals surface area contributed by atoms with Gasteiger partial charge in [0.05, 0.1) is 51.8 Å². The maximum atomic E-state index is 12.4. The molecule has 2 N–H and O–H groups in total. The average Bonchev–Trinajstić information content (AvgIpc) is 3.71. The van der Waals surface area contributed by atoms with Crippen LogP contribution in [0.25, 0.3) is 0 Å². The number of hydroxylamine groups is 2. The van der Waals surface area contributed by atoms with Crippen LogP contribution in [0.2, 0.25) is 36.3 Å². The van der Waals surface area contributed by atoms with Gasteiger partial charge in [0.1, 0.15) is 11.4 Å². The van der Waals surface area contributed by atoms with E-state index in [1.54, 1.807) is 25.4 Å². The lowest BCUT2D eigenvalue weighted by atomic mass is 9.78. The average molecular weight is 726 g/mol. The number of ether oxygens (including phenoxy) is 3. The second-order valence-electron chi connectivity index (χ2n) is 17.3. The van der Waals surface area contributed by atoms with Crippen LogP contribution in [0.15, 0.2) is 36.9 Å². The van der Waals surface area contributed by atoms with Crippen molar-refractivity contribution in [1.29, 1.82) is 0 Å². The fraction of sp³-hybridized carbons (Fsp3) is 0.789. The Morgan fingerprint density at radius 3 is 2.04 bits per heavy atom. The molecule has 49 heavy (non-hydrogen) atoms. The molecule has 0 spiro atoms. The zero-order chi connectivity index (χ0) is 37.6. The van der Waals surface area contributed by atoms with Crippen molar-refractivity contribution in [3.8, 4) is 5.75 Å². The van der Waals surface area contributed by atoms with Gasteiger partial charge >= 0.3 is 0 Å². The van der Waals surface area contributed by atoms with Gasteiger partial charge in [-0.3, -0.25) is 0 Å². The molecule has 8 atom stereocenters.